The van der Waals surface area contributed by atoms with Gasteiger partial charge in [0.15, 0.2) is 0 Å². The molecule has 0 fully saturated rings. The first kappa shape index (κ1) is 12.3. The standard InChI is InChI=1S/C15H19NS/c1-11-5-6-12(2)14(10-11)13(7-8-16)15-4-3-9-17-15/h3-6,9-10,13H,7-8,16H2,1-2H3. The van der Waals surface area contributed by atoms with E-state index in [1.54, 1.807) is 0 Å². The Labute approximate surface area is 107 Å². The summed E-state index contributed by atoms with van der Waals surface area (Å²) in [5.74, 6) is 0.458. The predicted octanol–water partition coefficient (Wildman–Crippen LogP) is 3.85. The zero-order chi connectivity index (χ0) is 12.3. The van der Waals surface area contributed by atoms with E-state index < -0.39 is 0 Å². The van der Waals surface area contributed by atoms with E-state index >= 15 is 0 Å². The van der Waals surface area contributed by atoms with Crippen LogP contribution in [0.5, 0.6) is 0 Å². The molecule has 2 heteroatoms. The van der Waals surface area contributed by atoms with Crippen LogP contribution in [0.3, 0.4) is 0 Å². The molecule has 0 amide bonds. The molecule has 0 aliphatic heterocycles. The van der Waals surface area contributed by atoms with Crippen LogP contribution in [0.2, 0.25) is 0 Å². The number of benzene rings is 1. The van der Waals surface area contributed by atoms with Crippen molar-refractivity contribution in [2.24, 2.45) is 5.73 Å². The molecule has 0 aliphatic rings. The van der Waals surface area contributed by atoms with Gasteiger partial charge in [-0.2, -0.15) is 0 Å². The number of hydrogen-bond acceptors (Lipinski definition) is 2. The van der Waals surface area contributed by atoms with Crippen molar-refractivity contribution in [3.05, 3.63) is 57.3 Å². The minimum atomic E-state index is 0.458. The molecule has 0 radical (unpaired) electrons. The summed E-state index contributed by atoms with van der Waals surface area (Å²) in [5, 5.41) is 2.14. The van der Waals surface area contributed by atoms with Crippen LogP contribution in [0.25, 0.3) is 0 Å². The van der Waals surface area contributed by atoms with Crippen molar-refractivity contribution in [2.75, 3.05) is 6.54 Å². The molecule has 0 aliphatic carbocycles. The topological polar surface area (TPSA) is 26.0 Å². The predicted molar refractivity (Wildman–Crippen MR) is 75.7 cm³/mol. The van der Waals surface area contributed by atoms with Crippen molar-refractivity contribution < 1.29 is 0 Å². The van der Waals surface area contributed by atoms with Gasteiger partial charge >= 0.3 is 0 Å². The Bertz CT molecular complexity index is 474. The van der Waals surface area contributed by atoms with E-state index in [9.17, 15) is 0 Å². The summed E-state index contributed by atoms with van der Waals surface area (Å²) in [4.78, 5) is 1.42. The van der Waals surface area contributed by atoms with Gasteiger partial charge < -0.3 is 5.73 Å². The summed E-state index contributed by atoms with van der Waals surface area (Å²) in [6.07, 6.45) is 1.02. The third kappa shape index (κ3) is 2.76. The summed E-state index contributed by atoms with van der Waals surface area (Å²) in [7, 11) is 0. The van der Waals surface area contributed by atoms with Gasteiger partial charge in [-0.25, -0.2) is 0 Å². The Balaban J connectivity index is 2.42. The van der Waals surface area contributed by atoms with E-state index in [2.05, 4.69) is 49.6 Å². The maximum absolute atomic E-state index is 5.77. The molecular formula is C15H19NS. The highest BCUT2D eigenvalue weighted by Gasteiger charge is 2.16. The van der Waals surface area contributed by atoms with Crippen molar-refractivity contribution in [3.63, 3.8) is 0 Å². The van der Waals surface area contributed by atoms with Crippen LogP contribution in [-0.2, 0) is 0 Å². The van der Waals surface area contributed by atoms with Gasteiger partial charge in [0.25, 0.3) is 0 Å². The van der Waals surface area contributed by atoms with E-state index in [1.165, 1.54) is 21.6 Å². The van der Waals surface area contributed by atoms with Crippen LogP contribution < -0.4 is 5.73 Å². The van der Waals surface area contributed by atoms with Gasteiger partial charge in [-0.15, -0.1) is 11.3 Å². The first-order valence-electron chi connectivity index (χ1n) is 6.03. The molecule has 0 bridgehead atoms. The first-order valence-corrected chi connectivity index (χ1v) is 6.91. The lowest BCUT2D eigenvalue weighted by Gasteiger charge is -2.18. The Morgan fingerprint density at radius 1 is 1.24 bits per heavy atom. The van der Waals surface area contributed by atoms with Crippen molar-refractivity contribution in [1.82, 2.24) is 0 Å². The van der Waals surface area contributed by atoms with Crippen molar-refractivity contribution in [3.8, 4) is 0 Å². The second-order valence-corrected chi connectivity index (χ2v) is 5.48. The van der Waals surface area contributed by atoms with Gasteiger partial charge in [-0.1, -0.05) is 29.8 Å². The first-order chi connectivity index (χ1) is 8.22. The Morgan fingerprint density at radius 3 is 2.71 bits per heavy atom. The highest BCUT2D eigenvalue weighted by Crippen LogP contribution is 2.33. The van der Waals surface area contributed by atoms with Gasteiger partial charge in [-0.05, 0) is 49.4 Å². The summed E-state index contributed by atoms with van der Waals surface area (Å²) < 4.78 is 0. The Hall–Kier alpha value is -1.12. The van der Waals surface area contributed by atoms with E-state index in [4.69, 9.17) is 5.73 Å². The van der Waals surface area contributed by atoms with Crippen LogP contribution in [0.4, 0.5) is 0 Å². The molecule has 0 saturated carbocycles. The minimum Gasteiger partial charge on any atom is -0.330 e. The smallest absolute Gasteiger partial charge is 0.0198 e. The normalized spacial score (nSPS) is 12.6. The molecule has 1 aromatic carbocycles. The lowest BCUT2D eigenvalue weighted by atomic mass is 9.89. The summed E-state index contributed by atoms with van der Waals surface area (Å²) in [5.41, 5.74) is 9.88. The summed E-state index contributed by atoms with van der Waals surface area (Å²) in [6, 6.07) is 11.0. The zero-order valence-electron chi connectivity index (χ0n) is 10.4. The van der Waals surface area contributed by atoms with Crippen LogP contribution in [0.1, 0.15) is 33.9 Å². The fourth-order valence-electron chi connectivity index (χ4n) is 2.24. The van der Waals surface area contributed by atoms with Gasteiger partial charge in [0, 0.05) is 10.8 Å². The van der Waals surface area contributed by atoms with Gasteiger partial charge in [-0.3, -0.25) is 0 Å². The van der Waals surface area contributed by atoms with Gasteiger partial charge in [0.2, 0.25) is 0 Å². The fourth-order valence-corrected chi connectivity index (χ4v) is 3.12. The number of aryl methyl sites for hydroxylation is 2. The van der Waals surface area contributed by atoms with Crippen LogP contribution in [0.15, 0.2) is 35.7 Å². The summed E-state index contributed by atoms with van der Waals surface area (Å²) >= 11 is 1.82. The molecule has 2 N–H and O–H groups in total. The number of hydrogen-bond donors (Lipinski definition) is 1. The lowest BCUT2D eigenvalue weighted by molar-refractivity contribution is 0.732. The van der Waals surface area contributed by atoms with E-state index in [0.717, 1.165) is 13.0 Å². The molecule has 17 heavy (non-hydrogen) atoms. The Morgan fingerprint density at radius 2 is 2.06 bits per heavy atom. The van der Waals surface area contributed by atoms with Crippen molar-refractivity contribution >= 4 is 11.3 Å². The molecule has 1 nitrogen and oxygen atoms in total. The molecule has 1 aromatic heterocycles. The fraction of sp³-hybridized carbons (Fsp3) is 0.333. The molecule has 90 valence electrons. The quantitative estimate of drug-likeness (QED) is 0.870. The second-order valence-electron chi connectivity index (χ2n) is 4.51. The van der Waals surface area contributed by atoms with Gasteiger partial charge in [0.05, 0.1) is 0 Å². The molecule has 1 heterocycles. The Kier molecular flexibility index (Phi) is 3.97. The van der Waals surface area contributed by atoms with Gasteiger partial charge in [0.1, 0.15) is 0 Å². The highest BCUT2D eigenvalue weighted by molar-refractivity contribution is 7.10. The number of thiophene rings is 1. The maximum Gasteiger partial charge on any atom is 0.0198 e. The summed E-state index contributed by atoms with van der Waals surface area (Å²) in [6.45, 7) is 5.07. The molecule has 0 spiro atoms. The second kappa shape index (κ2) is 5.48. The highest BCUT2D eigenvalue weighted by atomic mass is 32.1. The molecule has 1 atom stereocenters. The largest absolute Gasteiger partial charge is 0.330 e. The molecular weight excluding hydrogens is 226 g/mol. The van der Waals surface area contributed by atoms with Crippen LogP contribution >= 0.6 is 11.3 Å². The SMILES string of the molecule is Cc1ccc(C)c(C(CCN)c2cccs2)c1. The van der Waals surface area contributed by atoms with E-state index in [-0.39, 0.29) is 0 Å². The number of rotatable bonds is 4. The van der Waals surface area contributed by atoms with E-state index in [0.29, 0.717) is 5.92 Å². The van der Waals surface area contributed by atoms with Crippen molar-refractivity contribution in [2.45, 2.75) is 26.2 Å². The average molecular weight is 245 g/mol. The van der Waals surface area contributed by atoms with Crippen molar-refractivity contribution in [1.29, 1.82) is 0 Å². The molecule has 2 rings (SSSR count). The molecule has 2 aromatic rings. The maximum atomic E-state index is 5.77. The average Bonchev–Trinajstić information content (AvgIpc) is 2.83. The molecule has 0 saturated heterocycles. The monoisotopic (exact) mass is 245 g/mol. The van der Waals surface area contributed by atoms with Crippen LogP contribution in [-0.4, -0.2) is 6.54 Å². The number of nitrogens with two attached hydrogens (primary N) is 1. The lowest BCUT2D eigenvalue weighted by Crippen LogP contribution is -2.09. The third-order valence-electron chi connectivity index (χ3n) is 3.15. The van der Waals surface area contributed by atoms with E-state index in [1.807, 2.05) is 11.3 Å². The third-order valence-corrected chi connectivity index (χ3v) is 4.14. The minimum absolute atomic E-state index is 0.458. The van der Waals surface area contributed by atoms with Crippen LogP contribution in [0, 0.1) is 13.8 Å². The molecule has 1 unspecified atom stereocenters. The zero-order valence-corrected chi connectivity index (χ0v) is 11.3.